The number of ketones is 1. The molecule has 3 N–H and O–H groups in total. The van der Waals surface area contributed by atoms with Crippen molar-refractivity contribution in [3.05, 3.63) is 89.5 Å². The van der Waals surface area contributed by atoms with Crippen LogP contribution in [0.1, 0.15) is 21.5 Å². The number of phenols is 2. The number of rotatable bonds is 7. The number of hydrogen-bond acceptors (Lipinski definition) is 6. The third-order valence-corrected chi connectivity index (χ3v) is 4.35. The van der Waals surface area contributed by atoms with Gasteiger partial charge in [-0.2, -0.15) is 0 Å². The minimum absolute atomic E-state index is 0.0708. The van der Waals surface area contributed by atoms with Gasteiger partial charge in [0.2, 0.25) is 0 Å². The Morgan fingerprint density at radius 3 is 2.19 bits per heavy atom. The summed E-state index contributed by atoms with van der Waals surface area (Å²) in [5, 5.41) is 27.2. The molecule has 7 nitrogen and oxygen atoms in total. The van der Waals surface area contributed by atoms with Gasteiger partial charge in [0.1, 0.15) is 23.0 Å². The predicted molar refractivity (Wildman–Crippen MR) is 120 cm³/mol. The fraction of sp³-hybridized carbons (Fsp3) is 0.120. The van der Waals surface area contributed by atoms with Gasteiger partial charge in [-0.3, -0.25) is 4.79 Å². The van der Waals surface area contributed by atoms with Crippen LogP contribution in [0.15, 0.2) is 72.8 Å². The lowest BCUT2D eigenvalue weighted by atomic mass is 10.0. The van der Waals surface area contributed by atoms with Crippen LogP contribution in [0, 0.1) is 0 Å². The summed E-state index contributed by atoms with van der Waals surface area (Å²) in [5.41, 5.74) is 1.79. The second kappa shape index (κ2) is 11.8. The molecule has 0 unspecified atom stereocenters. The molecule has 0 saturated heterocycles. The Bertz CT molecular complexity index is 1090. The molecule has 0 aliphatic rings. The molecule has 0 aromatic heterocycles. The maximum Gasteiger partial charge on any atom is 0.328 e. The molecule has 0 fully saturated rings. The molecule has 0 amide bonds. The number of hydrogen-bond donors (Lipinski definition) is 3. The van der Waals surface area contributed by atoms with Crippen LogP contribution in [-0.2, 0) is 11.2 Å². The number of Topliss-reactive ketones (excluding diaryl/α,β-unsaturated/α-hetero) is 1. The van der Waals surface area contributed by atoms with Crippen molar-refractivity contribution in [1.29, 1.82) is 0 Å². The van der Waals surface area contributed by atoms with Gasteiger partial charge in [0.15, 0.2) is 5.78 Å². The largest absolute Gasteiger partial charge is 0.508 e. The highest BCUT2D eigenvalue weighted by atomic mass is 16.5. The van der Waals surface area contributed by atoms with Gasteiger partial charge in [0.05, 0.1) is 19.8 Å². The molecule has 3 aromatic carbocycles. The Morgan fingerprint density at radius 1 is 0.906 bits per heavy atom. The summed E-state index contributed by atoms with van der Waals surface area (Å²) >= 11 is 0. The van der Waals surface area contributed by atoms with E-state index in [2.05, 4.69) is 0 Å². The van der Waals surface area contributed by atoms with Crippen LogP contribution >= 0.6 is 0 Å². The fourth-order valence-electron chi connectivity index (χ4n) is 2.75. The maximum atomic E-state index is 12.0. The van der Waals surface area contributed by atoms with Gasteiger partial charge in [0.25, 0.3) is 0 Å². The molecule has 0 heterocycles. The summed E-state index contributed by atoms with van der Waals surface area (Å²) in [4.78, 5) is 22.3. The molecule has 3 aromatic rings. The minimum atomic E-state index is -0.967. The highest BCUT2D eigenvalue weighted by molar-refractivity contribution is 6.00. The van der Waals surface area contributed by atoms with Crippen molar-refractivity contribution in [2.45, 2.75) is 6.42 Å². The van der Waals surface area contributed by atoms with E-state index >= 15 is 0 Å². The van der Waals surface area contributed by atoms with Gasteiger partial charge in [-0.25, -0.2) is 4.79 Å². The van der Waals surface area contributed by atoms with Crippen molar-refractivity contribution in [3.8, 4) is 23.0 Å². The van der Waals surface area contributed by atoms with Crippen molar-refractivity contribution < 1.29 is 34.4 Å². The number of carboxylic acids is 1. The number of aromatic hydroxyl groups is 2. The van der Waals surface area contributed by atoms with E-state index < -0.39 is 5.97 Å². The zero-order valence-corrected chi connectivity index (χ0v) is 17.7. The van der Waals surface area contributed by atoms with E-state index in [4.69, 9.17) is 14.6 Å². The SMILES string of the molecule is COc1ccc(CC(=O)c2ccc(O)cc2O)cc1.COc1ccccc1C=CC(=O)O. The second-order valence-corrected chi connectivity index (χ2v) is 6.56. The van der Waals surface area contributed by atoms with Crippen LogP contribution in [-0.4, -0.2) is 41.3 Å². The van der Waals surface area contributed by atoms with Crippen molar-refractivity contribution in [2.24, 2.45) is 0 Å². The summed E-state index contributed by atoms with van der Waals surface area (Å²) < 4.78 is 10.1. The van der Waals surface area contributed by atoms with Gasteiger partial charge >= 0.3 is 5.97 Å². The summed E-state index contributed by atoms with van der Waals surface area (Å²) in [6, 6.07) is 18.3. The lowest BCUT2D eigenvalue weighted by Crippen LogP contribution is -2.03. The predicted octanol–water partition coefficient (Wildman–Crippen LogP) is 4.32. The van der Waals surface area contributed by atoms with Gasteiger partial charge < -0.3 is 24.8 Å². The lowest BCUT2D eigenvalue weighted by Gasteiger charge is -2.05. The summed E-state index contributed by atoms with van der Waals surface area (Å²) in [6.45, 7) is 0. The summed E-state index contributed by atoms with van der Waals surface area (Å²) in [5.74, 6) is -0.0609. The van der Waals surface area contributed by atoms with Gasteiger partial charge in [-0.1, -0.05) is 30.3 Å². The average molecular weight is 436 g/mol. The van der Waals surface area contributed by atoms with Crippen LogP contribution in [0.4, 0.5) is 0 Å². The summed E-state index contributed by atoms with van der Waals surface area (Å²) in [7, 11) is 3.13. The van der Waals surface area contributed by atoms with E-state index in [-0.39, 0.29) is 29.3 Å². The topological polar surface area (TPSA) is 113 Å². The minimum Gasteiger partial charge on any atom is -0.508 e. The number of ether oxygens (including phenoxy) is 2. The first-order valence-electron chi connectivity index (χ1n) is 9.56. The second-order valence-electron chi connectivity index (χ2n) is 6.56. The smallest absolute Gasteiger partial charge is 0.328 e. The molecule has 3 rings (SSSR count). The van der Waals surface area contributed by atoms with E-state index in [9.17, 15) is 19.8 Å². The van der Waals surface area contributed by atoms with Crippen LogP contribution in [0.25, 0.3) is 6.08 Å². The molecule has 0 radical (unpaired) electrons. The number of methoxy groups -OCH3 is 2. The monoisotopic (exact) mass is 436 g/mol. The number of aliphatic carboxylic acids is 1. The first kappa shape index (κ1) is 24.0. The highest BCUT2D eigenvalue weighted by Gasteiger charge is 2.12. The van der Waals surface area contributed by atoms with E-state index in [1.54, 1.807) is 50.6 Å². The van der Waals surface area contributed by atoms with Crippen molar-refractivity contribution in [3.63, 3.8) is 0 Å². The summed E-state index contributed by atoms with van der Waals surface area (Å²) in [6.07, 6.45) is 2.77. The number of carboxylic acid groups (broad SMARTS) is 1. The van der Waals surface area contributed by atoms with Crippen LogP contribution < -0.4 is 9.47 Å². The molecule has 0 aliphatic carbocycles. The third-order valence-electron chi connectivity index (χ3n) is 4.35. The van der Waals surface area contributed by atoms with Gasteiger partial charge in [-0.15, -0.1) is 0 Å². The number of benzene rings is 3. The van der Waals surface area contributed by atoms with Crippen LogP contribution in [0.3, 0.4) is 0 Å². The molecule has 0 bridgehead atoms. The Balaban J connectivity index is 0.000000244. The normalized spacial score (nSPS) is 10.2. The van der Waals surface area contributed by atoms with Gasteiger partial charge in [0, 0.05) is 24.1 Å². The zero-order chi connectivity index (χ0) is 23.5. The standard InChI is InChI=1S/C15H14O4.C10H10O3/c1-19-12-5-2-10(3-6-12)8-14(17)13-7-4-11(16)9-15(13)18;1-13-9-5-3-2-4-8(9)6-7-10(11)12/h2-7,9,16,18H,8H2,1H3;2-7H,1H3,(H,11,12). The molecule has 166 valence electrons. The number of para-hydroxylation sites is 1. The average Bonchev–Trinajstić information content (AvgIpc) is 2.78. The molecule has 0 saturated carbocycles. The molecule has 0 atom stereocenters. The quantitative estimate of drug-likeness (QED) is 0.373. The Morgan fingerprint density at radius 2 is 1.59 bits per heavy atom. The first-order chi connectivity index (χ1) is 15.3. The molecule has 0 spiro atoms. The van der Waals surface area contributed by atoms with E-state index in [1.807, 2.05) is 12.1 Å². The van der Waals surface area contributed by atoms with Crippen molar-refractivity contribution in [2.75, 3.05) is 14.2 Å². The third kappa shape index (κ3) is 7.21. The Kier molecular flexibility index (Phi) is 8.86. The Labute approximate surface area is 185 Å². The molecule has 0 aliphatic heterocycles. The first-order valence-corrected chi connectivity index (χ1v) is 9.56. The molecular weight excluding hydrogens is 412 g/mol. The van der Waals surface area contributed by atoms with Crippen molar-refractivity contribution in [1.82, 2.24) is 0 Å². The molecular formula is C25H24O7. The van der Waals surface area contributed by atoms with E-state index in [1.165, 1.54) is 18.2 Å². The number of phenolic OH excluding ortho intramolecular Hbond substituents is 2. The van der Waals surface area contributed by atoms with Crippen LogP contribution in [0.2, 0.25) is 0 Å². The zero-order valence-electron chi connectivity index (χ0n) is 17.7. The van der Waals surface area contributed by atoms with E-state index in [0.717, 1.165) is 29.0 Å². The molecule has 7 heteroatoms. The van der Waals surface area contributed by atoms with E-state index in [0.29, 0.717) is 5.75 Å². The number of carbonyl (C=O) groups is 2. The van der Waals surface area contributed by atoms with Crippen LogP contribution in [0.5, 0.6) is 23.0 Å². The lowest BCUT2D eigenvalue weighted by molar-refractivity contribution is -0.131. The Hall–Kier alpha value is -4.26. The molecule has 32 heavy (non-hydrogen) atoms. The maximum absolute atomic E-state index is 12.0. The fourth-order valence-corrected chi connectivity index (χ4v) is 2.75. The number of carbonyl (C=O) groups excluding carboxylic acids is 1. The van der Waals surface area contributed by atoms with Crippen molar-refractivity contribution >= 4 is 17.8 Å². The highest BCUT2D eigenvalue weighted by Crippen LogP contribution is 2.24. The van der Waals surface area contributed by atoms with Gasteiger partial charge in [-0.05, 0) is 42.0 Å².